The molecular weight excluding hydrogens is 755 g/mol. The third-order valence-corrected chi connectivity index (χ3v) is 12.1. The molecule has 9 aromatic rings. The summed E-state index contributed by atoms with van der Waals surface area (Å²) in [6.07, 6.45) is 25.7. The molecule has 0 amide bonds. The van der Waals surface area contributed by atoms with Crippen LogP contribution in [0.4, 0.5) is 0 Å². The molecule has 4 heteroatoms. The maximum Gasteiger partial charge on any atom is 0.164 e. The van der Waals surface area contributed by atoms with Crippen molar-refractivity contribution in [3.63, 3.8) is 0 Å². The van der Waals surface area contributed by atoms with Crippen molar-refractivity contribution in [1.82, 2.24) is 15.0 Å². The smallest absolute Gasteiger partial charge is 0.164 e. The minimum atomic E-state index is 0.271. The van der Waals surface area contributed by atoms with Crippen molar-refractivity contribution >= 4 is 49.1 Å². The van der Waals surface area contributed by atoms with Gasteiger partial charge in [-0.25, -0.2) is 15.0 Å². The Morgan fingerprint density at radius 3 is 2.00 bits per heavy atom. The van der Waals surface area contributed by atoms with Crippen LogP contribution in [0.15, 0.2) is 223 Å². The minimum Gasteiger partial charge on any atom is -0.456 e. The third kappa shape index (κ3) is 6.72. The number of rotatable bonds is 9. The van der Waals surface area contributed by atoms with Crippen LogP contribution in [0.2, 0.25) is 0 Å². The van der Waals surface area contributed by atoms with Crippen LogP contribution < -0.4 is 0 Å². The van der Waals surface area contributed by atoms with Crippen molar-refractivity contribution in [1.29, 1.82) is 0 Å². The zero-order valence-electron chi connectivity index (χ0n) is 34.0. The molecule has 0 radical (unpaired) electrons. The molecule has 0 aliphatic heterocycles. The molecule has 0 bridgehead atoms. The lowest BCUT2D eigenvalue weighted by Crippen LogP contribution is -2.13. The predicted molar refractivity (Wildman–Crippen MR) is 258 cm³/mol. The van der Waals surface area contributed by atoms with Gasteiger partial charge in [0.05, 0.1) is 0 Å². The maximum absolute atomic E-state index is 6.70. The van der Waals surface area contributed by atoms with Crippen LogP contribution in [0.25, 0.3) is 93.8 Å². The largest absolute Gasteiger partial charge is 0.456 e. The van der Waals surface area contributed by atoms with Crippen molar-refractivity contribution < 1.29 is 4.42 Å². The highest BCUT2D eigenvalue weighted by Crippen LogP contribution is 2.43. The molecule has 0 spiro atoms. The quantitative estimate of drug-likeness (QED) is 0.137. The van der Waals surface area contributed by atoms with E-state index in [9.17, 15) is 0 Å². The number of furan rings is 1. The fourth-order valence-electron chi connectivity index (χ4n) is 9.16. The summed E-state index contributed by atoms with van der Waals surface area (Å²) in [5.41, 5.74) is 10.7. The topological polar surface area (TPSA) is 51.8 Å². The highest BCUT2D eigenvalue weighted by atomic mass is 16.3. The van der Waals surface area contributed by atoms with Crippen molar-refractivity contribution in [2.24, 2.45) is 11.8 Å². The summed E-state index contributed by atoms with van der Waals surface area (Å²) < 4.78 is 6.70. The number of benzene rings is 7. The molecule has 2 aliphatic rings. The molecule has 2 aliphatic carbocycles. The van der Waals surface area contributed by atoms with Gasteiger partial charge < -0.3 is 4.42 Å². The monoisotopic (exact) mass is 795 g/mol. The molecule has 0 fully saturated rings. The molecule has 7 aromatic carbocycles. The van der Waals surface area contributed by atoms with Crippen LogP contribution in [-0.2, 0) is 6.42 Å². The molecule has 0 saturated heterocycles. The average Bonchev–Trinajstić information content (AvgIpc) is 3.71. The summed E-state index contributed by atoms with van der Waals surface area (Å²) in [5, 5.41) is 6.81. The normalized spacial score (nSPS) is 16.0. The van der Waals surface area contributed by atoms with Crippen molar-refractivity contribution in [3.05, 3.63) is 231 Å². The zero-order valence-corrected chi connectivity index (χ0v) is 34.0. The van der Waals surface area contributed by atoms with Gasteiger partial charge in [-0.1, -0.05) is 201 Å². The van der Waals surface area contributed by atoms with E-state index in [1.165, 1.54) is 27.5 Å². The van der Waals surface area contributed by atoms with E-state index in [-0.39, 0.29) is 5.92 Å². The van der Waals surface area contributed by atoms with Crippen LogP contribution >= 0.6 is 0 Å². The molecule has 2 atom stereocenters. The fourth-order valence-corrected chi connectivity index (χ4v) is 9.16. The summed E-state index contributed by atoms with van der Waals surface area (Å²) in [5.74, 6) is 2.66. The van der Waals surface area contributed by atoms with Gasteiger partial charge in [0.2, 0.25) is 0 Å². The second-order valence-electron chi connectivity index (χ2n) is 15.8. The van der Waals surface area contributed by atoms with Gasteiger partial charge in [-0.15, -0.1) is 0 Å². The van der Waals surface area contributed by atoms with Gasteiger partial charge in [-0.3, -0.25) is 0 Å². The number of hydrogen-bond acceptors (Lipinski definition) is 4. The highest BCUT2D eigenvalue weighted by molar-refractivity contribution is 6.17. The van der Waals surface area contributed by atoms with E-state index in [1.54, 1.807) is 6.08 Å². The first kappa shape index (κ1) is 37.1. The fraction of sp³-hybridized carbons (Fsp3) is 0.0517. The first-order chi connectivity index (χ1) is 30.7. The summed E-state index contributed by atoms with van der Waals surface area (Å²) >= 11 is 0. The van der Waals surface area contributed by atoms with Crippen LogP contribution in [0.5, 0.6) is 0 Å². The van der Waals surface area contributed by atoms with Gasteiger partial charge in [0.15, 0.2) is 11.6 Å². The van der Waals surface area contributed by atoms with Crippen LogP contribution in [0.3, 0.4) is 0 Å². The van der Waals surface area contributed by atoms with Crippen molar-refractivity contribution in [2.75, 3.05) is 0 Å². The molecule has 11 rings (SSSR count). The standard InChI is InChI=1S/C58H41N3O/c1-2-3-4-5-9-29-55-59-57(42-31-30-38-17-10-11-20-40(38)36-42)61-58(60-55)51-27-15-23-47-48(24-14-25-49(47)51)50-26-16-28-53-56(50)52-33-32-41(37-54(52)62-53)44-35-34-43(39-18-7-6-8-19-39)45-21-12-13-22-46(44)45/h2-28,30-38,40H,1,29H2/b4-3-,9-5-. The Labute approximate surface area is 360 Å². The lowest BCUT2D eigenvalue weighted by Gasteiger charge is -2.22. The van der Waals surface area contributed by atoms with Gasteiger partial charge in [-0.2, -0.15) is 0 Å². The van der Waals surface area contributed by atoms with E-state index >= 15 is 0 Å². The third-order valence-electron chi connectivity index (χ3n) is 12.1. The maximum atomic E-state index is 6.70. The predicted octanol–water partition coefficient (Wildman–Crippen LogP) is 14.9. The average molecular weight is 796 g/mol. The lowest BCUT2D eigenvalue weighted by atomic mass is 9.83. The highest BCUT2D eigenvalue weighted by Gasteiger charge is 2.22. The molecule has 2 aromatic heterocycles. The van der Waals surface area contributed by atoms with E-state index in [1.807, 2.05) is 18.2 Å². The zero-order chi connectivity index (χ0) is 41.4. The molecule has 2 unspecified atom stereocenters. The van der Waals surface area contributed by atoms with Crippen LogP contribution in [0.1, 0.15) is 11.6 Å². The summed E-state index contributed by atoms with van der Waals surface area (Å²) in [6, 6.07) is 49.8. The molecular formula is C58H41N3O. The minimum absolute atomic E-state index is 0.271. The van der Waals surface area contributed by atoms with Gasteiger partial charge in [0.25, 0.3) is 0 Å². The van der Waals surface area contributed by atoms with Gasteiger partial charge in [0.1, 0.15) is 17.0 Å². The Bertz CT molecular complexity index is 3410. The van der Waals surface area contributed by atoms with Crippen LogP contribution in [-0.4, -0.2) is 15.0 Å². The van der Waals surface area contributed by atoms with E-state index in [4.69, 9.17) is 19.4 Å². The number of hydrogen-bond donors (Lipinski definition) is 0. The van der Waals surface area contributed by atoms with Crippen molar-refractivity contribution in [3.8, 4) is 44.8 Å². The number of fused-ring (bicyclic) bond motifs is 6. The summed E-state index contributed by atoms with van der Waals surface area (Å²) in [6.45, 7) is 3.78. The van der Waals surface area contributed by atoms with E-state index in [2.05, 4.69) is 195 Å². The van der Waals surface area contributed by atoms with E-state index < -0.39 is 0 Å². The Kier molecular flexibility index (Phi) is 9.51. The molecule has 294 valence electrons. The molecule has 2 heterocycles. The Balaban J connectivity index is 1.01. The Morgan fingerprint density at radius 1 is 0.500 bits per heavy atom. The van der Waals surface area contributed by atoms with E-state index in [0.29, 0.717) is 29.8 Å². The van der Waals surface area contributed by atoms with Crippen LogP contribution in [0, 0.1) is 11.8 Å². The van der Waals surface area contributed by atoms with Gasteiger partial charge >= 0.3 is 0 Å². The Morgan fingerprint density at radius 2 is 1.18 bits per heavy atom. The number of nitrogens with zero attached hydrogens (tertiary/aromatic N) is 3. The summed E-state index contributed by atoms with van der Waals surface area (Å²) in [4.78, 5) is 15.3. The van der Waals surface area contributed by atoms with Gasteiger partial charge in [-0.05, 0) is 73.1 Å². The van der Waals surface area contributed by atoms with Crippen molar-refractivity contribution in [2.45, 2.75) is 6.42 Å². The second-order valence-corrected chi connectivity index (χ2v) is 15.8. The number of aromatic nitrogens is 3. The second kappa shape index (κ2) is 15.9. The molecule has 4 nitrogen and oxygen atoms in total. The first-order valence-electron chi connectivity index (χ1n) is 21.2. The molecule has 0 N–H and O–H groups in total. The first-order valence-corrected chi connectivity index (χ1v) is 21.2. The molecule has 62 heavy (non-hydrogen) atoms. The SMILES string of the molecule is C=C/C=C\C=C/Cc1nc(C2=CC3C=CC=CC3C=C2)nc(-c2cccc3c(-c4cccc5oc6cc(-c7ccc(-c8ccccc8)c8ccccc78)ccc6c45)cccc23)n1. The molecule has 0 saturated carbocycles. The summed E-state index contributed by atoms with van der Waals surface area (Å²) in [7, 11) is 0. The number of allylic oxidation sites excluding steroid dienone is 13. The lowest BCUT2D eigenvalue weighted by molar-refractivity contribution is 0.662. The van der Waals surface area contributed by atoms with Gasteiger partial charge in [0, 0.05) is 40.2 Å². The van der Waals surface area contributed by atoms with E-state index in [0.717, 1.165) is 60.5 Å². The Hall–Kier alpha value is -7.95.